The standard InChI is InChI=1S/C10H18N4O2/c1-7-12-8(14-16-7)5-6-11-9(15)13-10(2,3)4/h5-6H2,1-4H3,(H2,11,13,15). The Morgan fingerprint density at radius 3 is 2.62 bits per heavy atom. The molecule has 0 atom stereocenters. The van der Waals surface area contributed by atoms with Gasteiger partial charge in [-0.1, -0.05) is 5.16 Å². The number of nitrogens with one attached hydrogen (secondary N) is 2. The van der Waals surface area contributed by atoms with Gasteiger partial charge in [0.1, 0.15) is 0 Å². The minimum absolute atomic E-state index is 0.187. The lowest BCUT2D eigenvalue weighted by molar-refractivity contribution is 0.232. The van der Waals surface area contributed by atoms with E-state index in [4.69, 9.17) is 4.52 Å². The fourth-order valence-electron chi connectivity index (χ4n) is 1.12. The number of carbonyl (C=O) groups is 1. The van der Waals surface area contributed by atoms with Gasteiger partial charge in [-0.25, -0.2) is 4.79 Å². The number of hydrogen-bond acceptors (Lipinski definition) is 4. The number of aryl methyl sites for hydroxylation is 1. The lowest BCUT2D eigenvalue weighted by atomic mass is 10.1. The van der Waals surface area contributed by atoms with Crippen LogP contribution in [0.3, 0.4) is 0 Å². The summed E-state index contributed by atoms with van der Waals surface area (Å²) in [5.74, 6) is 1.14. The highest BCUT2D eigenvalue weighted by molar-refractivity contribution is 5.74. The van der Waals surface area contributed by atoms with Crippen molar-refractivity contribution < 1.29 is 9.32 Å². The minimum atomic E-state index is -0.229. The fraction of sp³-hybridized carbons (Fsp3) is 0.700. The molecular weight excluding hydrogens is 208 g/mol. The second-order valence-corrected chi connectivity index (χ2v) is 4.61. The van der Waals surface area contributed by atoms with E-state index in [1.165, 1.54) is 0 Å². The maximum absolute atomic E-state index is 11.4. The Morgan fingerprint density at radius 2 is 2.12 bits per heavy atom. The molecule has 0 aliphatic rings. The third-order valence-corrected chi connectivity index (χ3v) is 1.69. The molecule has 0 aromatic carbocycles. The largest absolute Gasteiger partial charge is 0.340 e. The third-order valence-electron chi connectivity index (χ3n) is 1.69. The average Bonchev–Trinajstić information content (AvgIpc) is 2.48. The molecule has 0 aliphatic carbocycles. The molecule has 6 heteroatoms. The Kier molecular flexibility index (Phi) is 3.87. The van der Waals surface area contributed by atoms with E-state index in [1.807, 2.05) is 20.8 Å². The van der Waals surface area contributed by atoms with Crippen LogP contribution >= 0.6 is 0 Å². The maximum atomic E-state index is 11.4. The van der Waals surface area contributed by atoms with Crippen LogP contribution in [0.1, 0.15) is 32.5 Å². The second-order valence-electron chi connectivity index (χ2n) is 4.61. The van der Waals surface area contributed by atoms with Crippen molar-refractivity contribution in [2.45, 2.75) is 39.7 Å². The molecule has 90 valence electrons. The summed E-state index contributed by atoms with van der Waals surface area (Å²) >= 11 is 0. The first-order valence-electron chi connectivity index (χ1n) is 5.22. The van der Waals surface area contributed by atoms with Crippen LogP contribution in [0.25, 0.3) is 0 Å². The number of hydrogen-bond donors (Lipinski definition) is 2. The third kappa shape index (κ3) is 4.77. The molecule has 0 aliphatic heterocycles. The van der Waals surface area contributed by atoms with Gasteiger partial charge in [0.05, 0.1) is 0 Å². The molecular formula is C10H18N4O2. The minimum Gasteiger partial charge on any atom is -0.340 e. The summed E-state index contributed by atoms with van der Waals surface area (Å²) in [6, 6.07) is -0.187. The second kappa shape index (κ2) is 4.96. The van der Waals surface area contributed by atoms with Crippen molar-refractivity contribution in [3.05, 3.63) is 11.7 Å². The number of nitrogens with zero attached hydrogens (tertiary/aromatic N) is 2. The van der Waals surface area contributed by atoms with E-state index >= 15 is 0 Å². The highest BCUT2D eigenvalue weighted by Crippen LogP contribution is 1.98. The first kappa shape index (κ1) is 12.5. The number of carbonyl (C=O) groups excluding carboxylic acids is 1. The van der Waals surface area contributed by atoms with Gasteiger partial charge >= 0.3 is 6.03 Å². The molecule has 0 spiro atoms. The predicted molar refractivity (Wildman–Crippen MR) is 59.0 cm³/mol. The summed E-state index contributed by atoms with van der Waals surface area (Å²) in [5, 5.41) is 9.25. The molecule has 0 radical (unpaired) electrons. The van der Waals surface area contributed by atoms with E-state index in [0.717, 1.165) is 0 Å². The molecule has 16 heavy (non-hydrogen) atoms. The molecule has 1 rings (SSSR count). The molecule has 1 aromatic rings. The number of rotatable bonds is 3. The van der Waals surface area contributed by atoms with Gasteiger partial charge < -0.3 is 15.2 Å². The first-order chi connectivity index (χ1) is 7.37. The van der Waals surface area contributed by atoms with Crippen LogP contribution in [-0.4, -0.2) is 28.3 Å². The average molecular weight is 226 g/mol. The van der Waals surface area contributed by atoms with Crippen molar-refractivity contribution in [1.29, 1.82) is 0 Å². The van der Waals surface area contributed by atoms with Gasteiger partial charge in [-0.2, -0.15) is 4.98 Å². The SMILES string of the molecule is Cc1nc(CCNC(=O)NC(C)(C)C)no1. The van der Waals surface area contributed by atoms with Gasteiger partial charge in [0.2, 0.25) is 5.89 Å². The molecule has 2 N–H and O–H groups in total. The molecule has 1 heterocycles. The zero-order chi connectivity index (χ0) is 12.2. The van der Waals surface area contributed by atoms with E-state index in [0.29, 0.717) is 24.7 Å². The summed E-state index contributed by atoms with van der Waals surface area (Å²) in [6.07, 6.45) is 0.564. The molecule has 0 fully saturated rings. The first-order valence-corrected chi connectivity index (χ1v) is 5.22. The Morgan fingerprint density at radius 1 is 1.44 bits per heavy atom. The molecule has 2 amide bonds. The lowest BCUT2D eigenvalue weighted by Crippen LogP contribution is -2.46. The summed E-state index contributed by atoms with van der Waals surface area (Å²) in [7, 11) is 0. The van der Waals surface area contributed by atoms with Crippen molar-refractivity contribution in [3.63, 3.8) is 0 Å². The van der Waals surface area contributed by atoms with Gasteiger partial charge in [0.25, 0.3) is 0 Å². The Hall–Kier alpha value is -1.59. The van der Waals surface area contributed by atoms with Crippen LogP contribution in [0.5, 0.6) is 0 Å². The normalized spacial score (nSPS) is 11.2. The molecule has 1 aromatic heterocycles. The zero-order valence-corrected chi connectivity index (χ0v) is 10.1. The van der Waals surface area contributed by atoms with Gasteiger partial charge in [0, 0.05) is 25.4 Å². The predicted octanol–water partition coefficient (Wildman–Crippen LogP) is 1.02. The summed E-state index contributed by atoms with van der Waals surface area (Å²) < 4.78 is 4.81. The van der Waals surface area contributed by atoms with Crippen LogP contribution in [0.2, 0.25) is 0 Å². The number of amides is 2. The van der Waals surface area contributed by atoms with Crippen LogP contribution in [0.4, 0.5) is 4.79 Å². The fourth-order valence-corrected chi connectivity index (χ4v) is 1.12. The van der Waals surface area contributed by atoms with Crippen molar-refractivity contribution in [1.82, 2.24) is 20.8 Å². The molecule has 0 saturated heterocycles. The van der Waals surface area contributed by atoms with Crippen molar-refractivity contribution in [3.8, 4) is 0 Å². The summed E-state index contributed by atoms with van der Waals surface area (Å²) in [6.45, 7) is 8.00. The summed E-state index contributed by atoms with van der Waals surface area (Å²) in [4.78, 5) is 15.4. The Labute approximate surface area is 94.8 Å². The van der Waals surface area contributed by atoms with Crippen molar-refractivity contribution in [2.24, 2.45) is 0 Å². The van der Waals surface area contributed by atoms with E-state index in [2.05, 4.69) is 20.8 Å². The van der Waals surface area contributed by atoms with Gasteiger partial charge in [-0.15, -0.1) is 0 Å². The van der Waals surface area contributed by atoms with Crippen LogP contribution < -0.4 is 10.6 Å². The maximum Gasteiger partial charge on any atom is 0.315 e. The van der Waals surface area contributed by atoms with Crippen molar-refractivity contribution >= 4 is 6.03 Å². The molecule has 0 saturated carbocycles. The Balaban J connectivity index is 2.23. The highest BCUT2D eigenvalue weighted by atomic mass is 16.5. The molecule has 6 nitrogen and oxygen atoms in total. The molecule has 0 unspecified atom stereocenters. The Bertz CT molecular complexity index is 354. The van der Waals surface area contributed by atoms with E-state index < -0.39 is 0 Å². The summed E-state index contributed by atoms with van der Waals surface area (Å²) in [5.41, 5.74) is -0.229. The van der Waals surface area contributed by atoms with Gasteiger partial charge in [0.15, 0.2) is 5.82 Å². The van der Waals surface area contributed by atoms with Gasteiger partial charge in [-0.3, -0.25) is 0 Å². The number of urea groups is 1. The lowest BCUT2D eigenvalue weighted by Gasteiger charge is -2.20. The van der Waals surface area contributed by atoms with Gasteiger partial charge in [-0.05, 0) is 20.8 Å². The van der Waals surface area contributed by atoms with Crippen molar-refractivity contribution in [2.75, 3.05) is 6.54 Å². The quantitative estimate of drug-likeness (QED) is 0.806. The topological polar surface area (TPSA) is 80.0 Å². The highest BCUT2D eigenvalue weighted by Gasteiger charge is 2.13. The zero-order valence-electron chi connectivity index (χ0n) is 10.1. The molecule has 0 bridgehead atoms. The van der Waals surface area contributed by atoms with Crippen LogP contribution in [0.15, 0.2) is 4.52 Å². The smallest absolute Gasteiger partial charge is 0.315 e. The number of aromatic nitrogens is 2. The monoisotopic (exact) mass is 226 g/mol. The van der Waals surface area contributed by atoms with E-state index in [1.54, 1.807) is 6.92 Å². The van der Waals surface area contributed by atoms with Crippen LogP contribution in [0, 0.1) is 6.92 Å². The van der Waals surface area contributed by atoms with E-state index in [-0.39, 0.29) is 11.6 Å². The van der Waals surface area contributed by atoms with Crippen LogP contribution in [-0.2, 0) is 6.42 Å². The van der Waals surface area contributed by atoms with E-state index in [9.17, 15) is 4.79 Å².